The van der Waals surface area contributed by atoms with Gasteiger partial charge in [0.05, 0.1) is 11.3 Å². The van der Waals surface area contributed by atoms with Crippen molar-refractivity contribution in [3.8, 4) is 11.5 Å². The summed E-state index contributed by atoms with van der Waals surface area (Å²) in [6, 6.07) is 14.2. The van der Waals surface area contributed by atoms with Crippen molar-refractivity contribution in [3.05, 3.63) is 71.3 Å². The summed E-state index contributed by atoms with van der Waals surface area (Å²) in [5.74, 6) is 0.769. The molecule has 2 saturated carbocycles. The number of aliphatic hydroxyl groups is 1. The molecule has 2 aliphatic heterocycles. The molecule has 7 aliphatic rings. The lowest BCUT2D eigenvalue weighted by Crippen LogP contribution is -2.80. The molecule has 192 valence electrons. The average molecular weight is 499 g/mol. The average Bonchev–Trinajstić information content (AvgIpc) is 3.64. The minimum Gasteiger partial charge on any atom is -0.504 e. The molecule has 2 aromatic carbocycles. The fourth-order valence-electron chi connectivity index (χ4n) is 8.88. The molecule has 6 heteroatoms. The second-order valence-electron chi connectivity index (χ2n) is 12.4. The molecule has 1 saturated heterocycles. The number of fused-ring (bicyclic) bond motifs is 1. The van der Waals surface area contributed by atoms with Crippen molar-refractivity contribution in [1.29, 1.82) is 0 Å². The Morgan fingerprint density at radius 2 is 1.97 bits per heavy atom. The lowest BCUT2D eigenvalue weighted by Gasteiger charge is -2.70. The van der Waals surface area contributed by atoms with Crippen molar-refractivity contribution in [3.63, 3.8) is 0 Å². The summed E-state index contributed by atoms with van der Waals surface area (Å²) < 4.78 is 6.57. The quantitative estimate of drug-likeness (QED) is 0.534. The van der Waals surface area contributed by atoms with Crippen LogP contribution in [-0.2, 0) is 23.1 Å². The molecule has 1 amide bonds. The number of nitrogens with zero attached hydrogens (tertiary/aromatic N) is 1. The van der Waals surface area contributed by atoms with Crippen molar-refractivity contribution in [2.24, 2.45) is 17.3 Å². The van der Waals surface area contributed by atoms with E-state index in [0.717, 1.165) is 43.8 Å². The number of likely N-dealkylation sites (tertiary alicyclic amines) is 1. The molecule has 2 aromatic rings. The van der Waals surface area contributed by atoms with Crippen LogP contribution in [-0.4, -0.2) is 58.4 Å². The van der Waals surface area contributed by atoms with Gasteiger partial charge in [-0.25, -0.2) is 0 Å². The maximum atomic E-state index is 13.7. The van der Waals surface area contributed by atoms with Crippen molar-refractivity contribution in [2.45, 2.75) is 61.7 Å². The molecule has 0 radical (unpaired) electrons. The fraction of sp³-hybridized carbons (Fsp3) is 0.516. The molecule has 0 unspecified atom stereocenters. The third-order valence-electron chi connectivity index (χ3n) is 10.7. The van der Waals surface area contributed by atoms with Crippen LogP contribution in [0.1, 0.15) is 42.4 Å². The molecular formula is C31H34N2O4. The van der Waals surface area contributed by atoms with E-state index in [9.17, 15) is 15.0 Å². The van der Waals surface area contributed by atoms with E-state index in [1.807, 2.05) is 24.3 Å². The van der Waals surface area contributed by atoms with E-state index in [0.29, 0.717) is 18.7 Å². The first-order valence-corrected chi connectivity index (χ1v) is 14.0. The highest BCUT2D eigenvalue weighted by Gasteiger charge is 2.79. The molecule has 0 aromatic heterocycles. The van der Waals surface area contributed by atoms with Gasteiger partial charge in [-0.2, -0.15) is 0 Å². The van der Waals surface area contributed by atoms with Gasteiger partial charge in [0.1, 0.15) is 11.7 Å². The van der Waals surface area contributed by atoms with Gasteiger partial charge < -0.3 is 20.3 Å². The van der Waals surface area contributed by atoms with Crippen LogP contribution in [0.2, 0.25) is 0 Å². The van der Waals surface area contributed by atoms with Crippen LogP contribution in [0.3, 0.4) is 0 Å². The number of amides is 1. The van der Waals surface area contributed by atoms with Gasteiger partial charge in [0.2, 0.25) is 5.91 Å². The van der Waals surface area contributed by atoms with E-state index in [4.69, 9.17) is 4.74 Å². The third-order valence-corrected chi connectivity index (χ3v) is 10.7. The number of phenols is 1. The number of hydrogen-bond acceptors (Lipinski definition) is 5. The summed E-state index contributed by atoms with van der Waals surface area (Å²) in [4.78, 5) is 16.4. The smallest absolute Gasteiger partial charge is 0.226 e. The first-order chi connectivity index (χ1) is 18.0. The van der Waals surface area contributed by atoms with Gasteiger partial charge in [-0.3, -0.25) is 9.69 Å². The number of carbonyl (C=O) groups is 1. The second kappa shape index (κ2) is 7.39. The van der Waals surface area contributed by atoms with Crippen molar-refractivity contribution in [1.82, 2.24) is 10.2 Å². The summed E-state index contributed by atoms with van der Waals surface area (Å²) in [5, 5.41) is 26.3. The molecule has 3 N–H and O–H groups in total. The number of carbonyl (C=O) groups excluding carboxylic acids is 1. The lowest BCUT2D eigenvalue weighted by molar-refractivity contribution is -0.206. The number of hydrogen-bond donors (Lipinski definition) is 3. The van der Waals surface area contributed by atoms with E-state index >= 15 is 0 Å². The molecule has 4 bridgehead atoms. The summed E-state index contributed by atoms with van der Waals surface area (Å²) >= 11 is 0. The van der Waals surface area contributed by atoms with Crippen LogP contribution in [0.25, 0.3) is 0 Å². The highest BCUT2D eigenvalue weighted by Crippen LogP contribution is 2.74. The standard InChI is InChI=1S/C31H34N2O4/c34-23-9-8-21-16-24-29-11-12-31(36,22(17-29)27(35)32-14-10-19-4-2-1-3-5-19)28-30(29,25(21)26(23)37-28)13-15-33(24)18-20-6-7-20/h1-5,8-9,11-12,20,22,24,28,34,36H,6-7,10,13-18H2,(H,32,35)/t22-,24-,28-,29-,30+,31-/m1/s1. The van der Waals surface area contributed by atoms with Crippen LogP contribution in [0, 0.1) is 17.3 Å². The molecule has 37 heavy (non-hydrogen) atoms. The van der Waals surface area contributed by atoms with Crippen LogP contribution >= 0.6 is 0 Å². The SMILES string of the molecule is O=C(NCCc1ccccc1)[C@H]1C[C@@]23C=C[C@]1(O)[C@@H]1Oc4c(O)ccc5c4[C@@]12CCN(CC1CC1)[C@@H]3C5. The highest BCUT2D eigenvalue weighted by molar-refractivity contribution is 5.82. The lowest BCUT2D eigenvalue weighted by atomic mass is 9.37. The van der Waals surface area contributed by atoms with E-state index in [1.165, 1.54) is 24.0 Å². The molecular weight excluding hydrogens is 464 g/mol. The number of aromatic hydroxyl groups is 1. The topological polar surface area (TPSA) is 82.0 Å². The minimum atomic E-state index is -1.41. The van der Waals surface area contributed by atoms with Crippen molar-refractivity contribution in [2.75, 3.05) is 19.6 Å². The Hall–Kier alpha value is -2.83. The predicted octanol–water partition coefficient (Wildman–Crippen LogP) is 3.10. The van der Waals surface area contributed by atoms with Crippen molar-refractivity contribution >= 4 is 5.91 Å². The predicted molar refractivity (Wildman–Crippen MR) is 138 cm³/mol. The van der Waals surface area contributed by atoms with Crippen LogP contribution < -0.4 is 10.1 Å². The van der Waals surface area contributed by atoms with Crippen LogP contribution in [0.4, 0.5) is 0 Å². The molecule has 9 rings (SSSR count). The zero-order valence-electron chi connectivity index (χ0n) is 21.0. The molecule has 6 nitrogen and oxygen atoms in total. The first-order valence-electron chi connectivity index (χ1n) is 14.0. The molecule has 3 fully saturated rings. The highest BCUT2D eigenvalue weighted by atomic mass is 16.5. The van der Waals surface area contributed by atoms with E-state index in [1.54, 1.807) is 6.07 Å². The van der Waals surface area contributed by atoms with Gasteiger partial charge in [-0.15, -0.1) is 0 Å². The number of benzene rings is 2. The largest absolute Gasteiger partial charge is 0.504 e. The summed E-state index contributed by atoms with van der Waals surface area (Å²) in [6.45, 7) is 2.61. The molecule has 6 atom stereocenters. The molecule has 2 heterocycles. The van der Waals surface area contributed by atoms with Crippen LogP contribution in [0.15, 0.2) is 54.6 Å². The molecule has 5 aliphatic carbocycles. The summed E-state index contributed by atoms with van der Waals surface area (Å²) in [6.07, 6.45) is 9.32. The second-order valence-corrected chi connectivity index (χ2v) is 12.4. The number of phenolic OH excluding ortho intramolecular Hbond substituents is 1. The summed E-state index contributed by atoms with van der Waals surface area (Å²) in [5.41, 5.74) is 1.39. The van der Waals surface area contributed by atoms with E-state index in [2.05, 4.69) is 34.5 Å². The number of rotatable bonds is 6. The molecule has 2 spiro atoms. The van der Waals surface area contributed by atoms with Gasteiger partial charge in [-0.1, -0.05) is 48.6 Å². The number of nitrogens with one attached hydrogen (secondary N) is 1. The third kappa shape index (κ3) is 2.75. The summed E-state index contributed by atoms with van der Waals surface area (Å²) in [7, 11) is 0. The number of ether oxygens (including phenoxy) is 1. The van der Waals surface area contributed by atoms with Gasteiger partial charge >= 0.3 is 0 Å². The Labute approximate surface area is 217 Å². The number of piperidine rings is 1. The van der Waals surface area contributed by atoms with Crippen LogP contribution in [0.5, 0.6) is 11.5 Å². The van der Waals surface area contributed by atoms with Gasteiger partial charge in [0, 0.05) is 30.1 Å². The van der Waals surface area contributed by atoms with Gasteiger partial charge in [0.25, 0.3) is 0 Å². The van der Waals surface area contributed by atoms with Crippen molar-refractivity contribution < 1.29 is 19.7 Å². The Balaban J connectivity index is 1.19. The Morgan fingerprint density at radius 3 is 2.78 bits per heavy atom. The van der Waals surface area contributed by atoms with Gasteiger partial charge in [0.15, 0.2) is 11.5 Å². The maximum absolute atomic E-state index is 13.7. The maximum Gasteiger partial charge on any atom is 0.226 e. The Kier molecular flexibility index (Phi) is 4.43. The normalized spacial score (nSPS) is 38.2. The van der Waals surface area contributed by atoms with E-state index < -0.39 is 23.0 Å². The zero-order valence-corrected chi connectivity index (χ0v) is 21.0. The fourth-order valence-corrected chi connectivity index (χ4v) is 8.88. The minimum absolute atomic E-state index is 0.0987. The van der Waals surface area contributed by atoms with Gasteiger partial charge in [-0.05, 0) is 68.2 Å². The first kappa shape index (κ1) is 22.2. The van der Waals surface area contributed by atoms with E-state index in [-0.39, 0.29) is 23.1 Å². The zero-order chi connectivity index (χ0) is 25.0. The monoisotopic (exact) mass is 498 g/mol. The Morgan fingerprint density at radius 1 is 1.14 bits per heavy atom. The Bertz CT molecular complexity index is 1320.